The summed E-state index contributed by atoms with van der Waals surface area (Å²) in [4.78, 5) is 13.5. The smallest absolute Gasteiger partial charge is 0.249 e. The van der Waals surface area contributed by atoms with Crippen molar-refractivity contribution in [3.8, 4) is 0 Å². The molecule has 0 atom stereocenters. The molecule has 0 unspecified atom stereocenters. The summed E-state index contributed by atoms with van der Waals surface area (Å²) in [7, 11) is 0. The Kier molecular flexibility index (Phi) is 2.52. The molecule has 1 aromatic rings. The van der Waals surface area contributed by atoms with Crippen LogP contribution in [0.15, 0.2) is 23.3 Å². The Labute approximate surface area is 74.8 Å². The Hall–Kier alpha value is -2.00. The van der Waals surface area contributed by atoms with Crippen LogP contribution in [0.2, 0.25) is 0 Å². The number of hydrogen-bond donors (Lipinski definition) is 1. The second-order valence-corrected chi connectivity index (χ2v) is 2.57. The van der Waals surface area contributed by atoms with Gasteiger partial charge in [0.05, 0.1) is 5.69 Å². The molecule has 0 aliphatic carbocycles. The maximum absolute atomic E-state index is 10.8. The molecule has 0 aromatic heterocycles. The monoisotopic (exact) mass is 176 g/mol. The number of azide groups is 1. The van der Waals surface area contributed by atoms with E-state index in [0.717, 1.165) is 5.56 Å². The zero-order valence-corrected chi connectivity index (χ0v) is 7.06. The minimum Gasteiger partial charge on any atom is -0.366 e. The maximum Gasteiger partial charge on any atom is 0.249 e. The highest BCUT2D eigenvalue weighted by Crippen LogP contribution is 2.20. The number of aryl methyl sites for hydroxylation is 1. The van der Waals surface area contributed by atoms with Crippen molar-refractivity contribution >= 4 is 11.6 Å². The van der Waals surface area contributed by atoms with Gasteiger partial charge in [0.25, 0.3) is 0 Å². The SMILES string of the molecule is Cc1ccc(C(N)=O)c(N=[N+]=[N-])c1. The van der Waals surface area contributed by atoms with Crippen LogP contribution in [0.3, 0.4) is 0 Å². The molecule has 1 rings (SSSR count). The molecule has 0 spiro atoms. The Bertz CT molecular complexity index is 393. The molecule has 1 aromatic carbocycles. The van der Waals surface area contributed by atoms with E-state index in [1.165, 1.54) is 0 Å². The molecule has 5 nitrogen and oxygen atoms in total. The van der Waals surface area contributed by atoms with Crippen LogP contribution in [-0.2, 0) is 0 Å². The van der Waals surface area contributed by atoms with Crippen LogP contribution in [0.4, 0.5) is 5.69 Å². The Morgan fingerprint density at radius 1 is 1.62 bits per heavy atom. The van der Waals surface area contributed by atoms with E-state index in [-0.39, 0.29) is 11.3 Å². The van der Waals surface area contributed by atoms with Gasteiger partial charge in [-0.3, -0.25) is 4.79 Å². The van der Waals surface area contributed by atoms with Gasteiger partial charge in [-0.2, -0.15) is 0 Å². The van der Waals surface area contributed by atoms with Gasteiger partial charge in [-0.15, -0.1) is 0 Å². The molecule has 13 heavy (non-hydrogen) atoms. The first kappa shape index (κ1) is 9.09. The summed E-state index contributed by atoms with van der Waals surface area (Å²) in [5.41, 5.74) is 14.7. The van der Waals surface area contributed by atoms with Crippen molar-refractivity contribution in [2.75, 3.05) is 0 Å². The standard InChI is InChI=1S/C8H8N4O/c1-5-2-3-6(8(9)13)7(4-5)11-12-10/h2-4H,1H3,(H2,9,13). The van der Waals surface area contributed by atoms with Gasteiger partial charge in [-0.1, -0.05) is 16.7 Å². The van der Waals surface area contributed by atoms with Crippen molar-refractivity contribution in [1.82, 2.24) is 0 Å². The minimum absolute atomic E-state index is 0.239. The van der Waals surface area contributed by atoms with E-state index in [0.29, 0.717) is 0 Å². The molecule has 0 heterocycles. The number of nitrogens with two attached hydrogens (primary N) is 1. The van der Waals surface area contributed by atoms with Crippen LogP contribution in [0.1, 0.15) is 15.9 Å². The normalized spacial score (nSPS) is 9.00. The van der Waals surface area contributed by atoms with E-state index < -0.39 is 5.91 Å². The van der Waals surface area contributed by atoms with Crippen LogP contribution in [-0.4, -0.2) is 5.91 Å². The highest BCUT2D eigenvalue weighted by molar-refractivity contribution is 5.97. The molecule has 1 amide bonds. The summed E-state index contributed by atoms with van der Waals surface area (Å²) in [5, 5.41) is 3.37. The predicted octanol–water partition coefficient (Wildman–Crippen LogP) is 2.04. The Morgan fingerprint density at radius 2 is 2.31 bits per heavy atom. The van der Waals surface area contributed by atoms with Crippen LogP contribution in [0, 0.1) is 6.92 Å². The first-order valence-corrected chi connectivity index (χ1v) is 3.60. The van der Waals surface area contributed by atoms with E-state index in [1.807, 2.05) is 6.92 Å². The minimum atomic E-state index is -0.595. The molecular formula is C8H8N4O. The van der Waals surface area contributed by atoms with E-state index in [4.69, 9.17) is 11.3 Å². The average molecular weight is 176 g/mol. The van der Waals surface area contributed by atoms with Crippen molar-refractivity contribution < 1.29 is 4.79 Å². The highest BCUT2D eigenvalue weighted by atomic mass is 16.1. The van der Waals surface area contributed by atoms with Crippen LogP contribution >= 0.6 is 0 Å². The van der Waals surface area contributed by atoms with Crippen molar-refractivity contribution in [2.45, 2.75) is 6.92 Å². The van der Waals surface area contributed by atoms with E-state index in [9.17, 15) is 4.79 Å². The first-order valence-electron chi connectivity index (χ1n) is 3.60. The zero-order valence-electron chi connectivity index (χ0n) is 7.06. The van der Waals surface area contributed by atoms with E-state index in [1.54, 1.807) is 18.2 Å². The number of rotatable bonds is 2. The Morgan fingerprint density at radius 3 is 2.85 bits per heavy atom. The third-order valence-electron chi connectivity index (χ3n) is 1.57. The van der Waals surface area contributed by atoms with Gasteiger partial charge in [0.2, 0.25) is 5.91 Å². The number of benzene rings is 1. The van der Waals surface area contributed by atoms with Gasteiger partial charge in [-0.25, -0.2) is 0 Å². The molecular weight excluding hydrogens is 168 g/mol. The largest absolute Gasteiger partial charge is 0.366 e. The number of carbonyl (C=O) groups is 1. The van der Waals surface area contributed by atoms with Crippen molar-refractivity contribution in [3.63, 3.8) is 0 Å². The summed E-state index contributed by atoms with van der Waals surface area (Å²) in [5.74, 6) is -0.595. The number of primary amides is 1. The number of nitrogens with zero attached hydrogens (tertiary/aromatic N) is 3. The maximum atomic E-state index is 10.8. The van der Waals surface area contributed by atoms with Crippen molar-refractivity contribution in [3.05, 3.63) is 39.8 Å². The first-order chi connectivity index (χ1) is 6.15. The third kappa shape index (κ3) is 1.98. The van der Waals surface area contributed by atoms with Gasteiger partial charge in [-0.05, 0) is 24.6 Å². The van der Waals surface area contributed by atoms with E-state index in [2.05, 4.69) is 10.0 Å². The molecule has 0 bridgehead atoms. The summed E-state index contributed by atoms with van der Waals surface area (Å²) in [6.07, 6.45) is 0. The lowest BCUT2D eigenvalue weighted by Gasteiger charge is -2.00. The predicted molar refractivity (Wildman–Crippen MR) is 48.5 cm³/mol. The van der Waals surface area contributed by atoms with Gasteiger partial charge in [0, 0.05) is 10.5 Å². The summed E-state index contributed by atoms with van der Waals surface area (Å²) in [6.45, 7) is 1.83. The quantitative estimate of drug-likeness (QED) is 0.416. The van der Waals surface area contributed by atoms with Crippen LogP contribution in [0.25, 0.3) is 10.4 Å². The molecule has 0 aliphatic heterocycles. The lowest BCUT2D eigenvalue weighted by atomic mass is 10.1. The van der Waals surface area contributed by atoms with Crippen LogP contribution in [0.5, 0.6) is 0 Å². The lowest BCUT2D eigenvalue weighted by Crippen LogP contribution is -2.10. The average Bonchev–Trinajstić information content (AvgIpc) is 2.04. The fourth-order valence-electron chi connectivity index (χ4n) is 0.981. The third-order valence-corrected chi connectivity index (χ3v) is 1.57. The van der Waals surface area contributed by atoms with E-state index >= 15 is 0 Å². The van der Waals surface area contributed by atoms with Gasteiger partial charge in [0.1, 0.15) is 0 Å². The highest BCUT2D eigenvalue weighted by Gasteiger charge is 2.05. The van der Waals surface area contributed by atoms with Gasteiger partial charge in [0.15, 0.2) is 0 Å². The summed E-state index contributed by atoms with van der Waals surface area (Å²) in [6, 6.07) is 4.89. The zero-order chi connectivity index (χ0) is 9.84. The molecule has 0 aliphatic rings. The lowest BCUT2D eigenvalue weighted by molar-refractivity contribution is 0.100. The van der Waals surface area contributed by atoms with Gasteiger partial charge >= 0.3 is 0 Å². The topological polar surface area (TPSA) is 91.9 Å². The molecule has 0 radical (unpaired) electrons. The van der Waals surface area contributed by atoms with Crippen LogP contribution < -0.4 is 5.73 Å². The molecule has 0 saturated carbocycles. The fourth-order valence-corrected chi connectivity index (χ4v) is 0.981. The fraction of sp³-hybridized carbons (Fsp3) is 0.125. The molecule has 0 fully saturated rings. The van der Waals surface area contributed by atoms with Gasteiger partial charge < -0.3 is 5.73 Å². The molecule has 2 N–H and O–H groups in total. The molecule has 66 valence electrons. The number of hydrogen-bond acceptors (Lipinski definition) is 2. The van der Waals surface area contributed by atoms with Crippen molar-refractivity contribution in [2.24, 2.45) is 10.8 Å². The Balaban J connectivity index is 3.34. The molecule has 0 saturated heterocycles. The second-order valence-electron chi connectivity index (χ2n) is 2.57. The number of carbonyl (C=O) groups excluding carboxylic acids is 1. The van der Waals surface area contributed by atoms with Crippen molar-refractivity contribution in [1.29, 1.82) is 0 Å². The second kappa shape index (κ2) is 3.60. The summed E-state index contributed by atoms with van der Waals surface area (Å²) >= 11 is 0. The number of amides is 1. The molecule has 5 heteroatoms. The summed E-state index contributed by atoms with van der Waals surface area (Å²) < 4.78 is 0.